The van der Waals surface area contributed by atoms with E-state index in [0.29, 0.717) is 6.04 Å². The molecule has 1 aliphatic rings. The number of nitrogens with one attached hydrogen (secondary N) is 1. The molecule has 0 amide bonds. The largest absolute Gasteiger partial charge is 0.497 e. The minimum atomic E-state index is 0.667. The van der Waals surface area contributed by atoms with Crippen molar-refractivity contribution in [1.82, 2.24) is 14.9 Å². The Labute approximate surface area is 132 Å². The van der Waals surface area contributed by atoms with Crippen LogP contribution in [-0.2, 0) is 13.1 Å². The number of hydrogen-bond donors (Lipinski definition) is 1. The highest BCUT2D eigenvalue weighted by molar-refractivity contribution is 5.27. The number of methoxy groups -OCH3 is 1. The number of hydrogen-bond acceptors (Lipinski definition) is 3. The fraction of sp³-hybridized carbons (Fsp3) is 0.500. The summed E-state index contributed by atoms with van der Waals surface area (Å²) in [5.41, 5.74) is 1.26. The van der Waals surface area contributed by atoms with Crippen LogP contribution in [0.4, 0.5) is 0 Å². The molecule has 0 bridgehead atoms. The van der Waals surface area contributed by atoms with Crippen LogP contribution in [-0.4, -0.2) is 22.7 Å². The van der Waals surface area contributed by atoms with Gasteiger partial charge in [-0.3, -0.25) is 0 Å². The summed E-state index contributed by atoms with van der Waals surface area (Å²) in [6, 6.07) is 8.90. The van der Waals surface area contributed by atoms with Crippen molar-refractivity contribution < 1.29 is 4.74 Å². The van der Waals surface area contributed by atoms with Crippen LogP contribution in [0.1, 0.15) is 43.5 Å². The number of imidazole rings is 1. The summed E-state index contributed by atoms with van der Waals surface area (Å²) in [6.45, 7) is 1.71. The van der Waals surface area contributed by atoms with Crippen molar-refractivity contribution in [2.75, 3.05) is 7.11 Å². The zero-order valence-corrected chi connectivity index (χ0v) is 13.3. The van der Waals surface area contributed by atoms with Crippen LogP contribution in [0.25, 0.3) is 0 Å². The van der Waals surface area contributed by atoms with Crippen LogP contribution >= 0.6 is 0 Å². The van der Waals surface area contributed by atoms with Crippen molar-refractivity contribution in [3.05, 3.63) is 48.0 Å². The zero-order chi connectivity index (χ0) is 15.2. The molecule has 4 nitrogen and oxygen atoms in total. The van der Waals surface area contributed by atoms with Gasteiger partial charge in [0.05, 0.1) is 13.7 Å². The van der Waals surface area contributed by atoms with Gasteiger partial charge in [-0.2, -0.15) is 0 Å². The number of rotatable bonds is 6. The molecule has 0 atom stereocenters. The molecule has 118 valence electrons. The molecule has 0 saturated heterocycles. The van der Waals surface area contributed by atoms with E-state index >= 15 is 0 Å². The van der Waals surface area contributed by atoms with Crippen molar-refractivity contribution in [1.29, 1.82) is 0 Å². The van der Waals surface area contributed by atoms with Crippen LogP contribution in [0, 0.1) is 0 Å². The Morgan fingerprint density at radius 3 is 2.68 bits per heavy atom. The van der Waals surface area contributed by atoms with E-state index in [0.717, 1.165) is 24.7 Å². The van der Waals surface area contributed by atoms with Crippen molar-refractivity contribution >= 4 is 0 Å². The van der Waals surface area contributed by atoms with Gasteiger partial charge in [-0.1, -0.05) is 31.4 Å². The molecule has 1 aliphatic carbocycles. The molecular weight excluding hydrogens is 274 g/mol. The highest BCUT2D eigenvalue weighted by Crippen LogP contribution is 2.18. The summed E-state index contributed by atoms with van der Waals surface area (Å²) in [6.07, 6.45) is 10.7. The molecule has 3 rings (SSSR count). The van der Waals surface area contributed by atoms with Gasteiger partial charge in [0.1, 0.15) is 11.6 Å². The van der Waals surface area contributed by atoms with Gasteiger partial charge in [0.15, 0.2) is 0 Å². The Morgan fingerprint density at radius 1 is 1.18 bits per heavy atom. The first kappa shape index (κ1) is 15.1. The smallest absolute Gasteiger partial charge is 0.122 e. The molecule has 1 saturated carbocycles. The molecule has 1 N–H and O–H groups in total. The van der Waals surface area contributed by atoms with Gasteiger partial charge >= 0.3 is 0 Å². The summed E-state index contributed by atoms with van der Waals surface area (Å²) in [5.74, 6) is 2.01. The van der Waals surface area contributed by atoms with Gasteiger partial charge in [0.2, 0.25) is 0 Å². The van der Waals surface area contributed by atoms with Crippen LogP contribution < -0.4 is 10.1 Å². The fourth-order valence-corrected chi connectivity index (χ4v) is 3.12. The Kier molecular flexibility index (Phi) is 5.11. The predicted octanol–water partition coefficient (Wildman–Crippen LogP) is 3.36. The maximum Gasteiger partial charge on any atom is 0.122 e. The monoisotopic (exact) mass is 299 g/mol. The second kappa shape index (κ2) is 7.45. The first-order valence-corrected chi connectivity index (χ1v) is 8.21. The summed E-state index contributed by atoms with van der Waals surface area (Å²) in [7, 11) is 1.69. The highest BCUT2D eigenvalue weighted by atomic mass is 16.5. The average Bonchev–Trinajstić information content (AvgIpc) is 3.02. The van der Waals surface area contributed by atoms with Gasteiger partial charge in [-0.05, 0) is 30.5 Å². The summed E-state index contributed by atoms with van der Waals surface area (Å²) in [4.78, 5) is 4.51. The Bertz CT molecular complexity index is 570. The van der Waals surface area contributed by atoms with Crippen molar-refractivity contribution in [3.63, 3.8) is 0 Å². The molecule has 0 radical (unpaired) electrons. The topological polar surface area (TPSA) is 39.1 Å². The second-order valence-corrected chi connectivity index (χ2v) is 6.04. The van der Waals surface area contributed by atoms with E-state index in [2.05, 4.69) is 33.2 Å². The maximum absolute atomic E-state index is 5.20. The van der Waals surface area contributed by atoms with E-state index in [4.69, 9.17) is 4.74 Å². The standard InChI is InChI=1S/C18H25N3O/c1-22-17-9-7-15(8-10-17)14-21-12-11-19-18(21)13-20-16-5-3-2-4-6-16/h7-12,16,20H,2-6,13-14H2,1H3. The first-order chi connectivity index (χ1) is 10.8. The summed E-state index contributed by atoms with van der Waals surface area (Å²) in [5, 5.41) is 3.67. The SMILES string of the molecule is COc1ccc(Cn2ccnc2CNC2CCCCC2)cc1. The molecule has 0 spiro atoms. The van der Waals surface area contributed by atoms with E-state index in [1.54, 1.807) is 7.11 Å². The predicted molar refractivity (Wildman–Crippen MR) is 88.0 cm³/mol. The van der Waals surface area contributed by atoms with Gasteiger partial charge < -0.3 is 14.6 Å². The second-order valence-electron chi connectivity index (χ2n) is 6.04. The van der Waals surface area contributed by atoms with Crippen molar-refractivity contribution in [2.24, 2.45) is 0 Å². The third kappa shape index (κ3) is 3.89. The third-order valence-electron chi connectivity index (χ3n) is 4.47. The lowest BCUT2D eigenvalue weighted by atomic mass is 9.95. The number of benzene rings is 1. The maximum atomic E-state index is 5.20. The number of ether oxygens (including phenoxy) is 1. The molecule has 1 heterocycles. The lowest BCUT2D eigenvalue weighted by Crippen LogP contribution is -2.31. The minimum absolute atomic E-state index is 0.667. The average molecular weight is 299 g/mol. The molecule has 1 aromatic carbocycles. The third-order valence-corrected chi connectivity index (χ3v) is 4.47. The molecule has 4 heteroatoms. The Morgan fingerprint density at radius 2 is 1.95 bits per heavy atom. The fourth-order valence-electron chi connectivity index (χ4n) is 3.12. The molecule has 0 unspecified atom stereocenters. The molecular formula is C18H25N3O. The lowest BCUT2D eigenvalue weighted by Gasteiger charge is -2.22. The van der Waals surface area contributed by atoms with Gasteiger partial charge in [0.25, 0.3) is 0 Å². The summed E-state index contributed by atoms with van der Waals surface area (Å²) >= 11 is 0. The van der Waals surface area contributed by atoms with E-state index in [1.165, 1.54) is 37.7 Å². The molecule has 22 heavy (non-hydrogen) atoms. The van der Waals surface area contributed by atoms with Gasteiger partial charge in [0, 0.05) is 25.0 Å². The molecule has 0 aliphatic heterocycles. The van der Waals surface area contributed by atoms with E-state index in [1.807, 2.05) is 18.3 Å². The van der Waals surface area contributed by atoms with Crippen LogP contribution in [0.5, 0.6) is 5.75 Å². The first-order valence-electron chi connectivity index (χ1n) is 8.21. The van der Waals surface area contributed by atoms with Crippen LogP contribution in [0.3, 0.4) is 0 Å². The Balaban J connectivity index is 1.58. The van der Waals surface area contributed by atoms with E-state index in [-0.39, 0.29) is 0 Å². The molecule has 2 aromatic rings. The quantitative estimate of drug-likeness (QED) is 0.889. The van der Waals surface area contributed by atoms with E-state index in [9.17, 15) is 0 Å². The number of aromatic nitrogens is 2. The van der Waals surface area contributed by atoms with Gasteiger partial charge in [-0.15, -0.1) is 0 Å². The highest BCUT2D eigenvalue weighted by Gasteiger charge is 2.13. The zero-order valence-electron chi connectivity index (χ0n) is 13.3. The molecule has 1 aromatic heterocycles. The van der Waals surface area contributed by atoms with Gasteiger partial charge in [-0.25, -0.2) is 4.98 Å². The summed E-state index contributed by atoms with van der Waals surface area (Å²) < 4.78 is 7.42. The van der Waals surface area contributed by atoms with E-state index < -0.39 is 0 Å². The lowest BCUT2D eigenvalue weighted by molar-refractivity contribution is 0.367. The van der Waals surface area contributed by atoms with Crippen molar-refractivity contribution in [2.45, 2.75) is 51.2 Å². The normalized spacial score (nSPS) is 15.9. The minimum Gasteiger partial charge on any atom is -0.497 e. The number of nitrogens with zero attached hydrogens (tertiary/aromatic N) is 2. The van der Waals surface area contributed by atoms with Crippen molar-refractivity contribution in [3.8, 4) is 5.75 Å². The van der Waals surface area contributed by atoms with Crippen LogP contribution in [0.15, 0.2) is 36.7 Å². The molecule has 1 fully saturated rings. The van der Waals surface area contributed by atoms with Crippen LogP contribution in [0.2, 0.25) is 0 Å². The Hall–Kier alpha value is -1.81.